The molecule has 0 atom stereocenters. The third-order valence-corrected chi connectivity index (χ3v) is 3.65. The zero-order valence-electron chi connectivity index (χ0n) is 14.0. The molecule has 0 bridgehead atoms. The highest BCUT2D eigenvalue weighted by Crippen LogP contribution is 2.26. The Balaban J connectivity index is 1.58. The molecule has 0 aliphatic heterocycles. The molecule has 128 valence electrons. The van der Waals surface area contributed by atoms with Crippen molar-refractivity contribution < 1.29 is 14.3 Å². The van der Waals surface area contributed by atoms with Crippen LogP contribution in [-0.4, -0.2) is 19.4 Å². The first-order chi connectivity index (χ1) is 12.3. The number of hydrogen-bond acceptors (Lipinski definition) is 3. The molecule has 0 aliphatic carbocycles. The molecule has 5 heteroatoms. The van der Waals surface area contributed by atoms with Crippen LogP contribution in [0, 0.1) is 0 Å². The number of benzene rings is 3. The maximum atomic E-state index is 12.1. The van der Waals surface area contributed by atoms with Gasteiger partial charge in [-0.2, -0.15) is 0 Å². The number of amides is 2. The SMILES string of the molecule is CCOc1ccccc1OCNC(=O)Nc1cccc2ccccc12. The topological polar surface area (TPSA) is 59.6 Å². The second-order valence-corrected chi connectivity index (χ2v) is 5.33. The van der Waals surface area contributed by atoms with Crippen molar-refractivity contribution in [1.82, 2.24) is 5.32 Å². The molecule has 0 radical (unpaired) electrons. The largest absolute Gasteiger partial charge is 0.490 e. The van der Waals surface area contributed by atoms with Gasteiger partial charge in [0.05, 0.1) is 12.3 Å². The van der Waals surface area contributed by atoms with Gasteiger partial charge in [0, 0.05) is 5.39 Å². The lowest BCUT2D eigenvalue weighted by Gasteiger charge is -2.13. The first-order valence-corrected chi connectivity index (χ1v) is 8.15. The van der Waals surface area contributed by atoms with E-state index in [0.29, 0.717) is 18.1 Å². The van der Waals surface area contributed by atoms with Crippen LogP contribution >= 0.6 is 0 Å². The summed E-state index contributed by atoms with van der Waals surface area (Å²) in [6, 6.07) is 20.7. The van der Waals surface area contributed by atoms with Gasteiger partial charge >= 0.3 is 6.03 Å². The zero-order valence-corrected chi connectivity index (χ0v) is 14.0. The summed E-state index contributed by atoms with van der Waals surface area (Å²) in [5.41, 5.74) is 0.755. The number of para-hydroxylation sites is 2. The van der Waals surface area contributed by atoms with Crippen LogP contribution in [0.3, 0.4) is 0 Å². The summed E-state index contributed by atoms with van der Waals surface area (Å²) >= 11 is 0. The standard InChI is InChI=1S/C20H20N2O3/c1-2-24-18-12-5-6-13-19(18)25-14-21-20(23)22-17-11-7-9-15-8-3-4-10-16(15)17/h3-13H,2,14H2,1H3,(H2,21,22,23). The van der Waals surface area contributed by atoms with Crippen molar-refractivity contribution in [3.8, 4) is 11.5 Å². The molecule has 0 saturated carbocycles. The van der Waals surface area contributed by atoms with Crippen molar-refractivity contribution in [2.24, 2.45) is 0 Å². The van der Waals surface area contributed by atoms with E-state index in [9.17, 15) is 4.79 Å². The van der Waals surface area contributed by atoms with Crippen molar-refractivity contribution >= 4 is 22.5 Å². The number of carbonyl (C=O) groups is 1. The third kappa shape index (κ3) is 4.20. The van der Waals surface area contributed by atoms with Crippen molar-refractivity contribution in [1.29, 1.82) is 0 Å². The Morgan fingerprint density at radius 1 is 0.880 bits per heavy atom. The summed E-state index contributed by atoms with van der Waals surface area (Å²) < 4.78 is 11.1. The zero-order chi connectivity index (χ0) is 17.5. The van der Waals surface area contributed by atoms with Crippen LogP contribution in [0.1, 0.15) is 6.92 Å². The van der Waals surface area contributed by atoms with Gasteiger partial charge in [-0.25, -0.2) is 4.79 Å². The second-order valence-electron chi connectivity index (χ2n) is 5.33. The summed E-state index contributed by atoms with van der Waals surface area (Å²) in [5, 5.41) is 7.60. The van der Waals surface area contributed by atoms with Gasteiger partial charge in [0.1, 0.15) is 0 Å². The molecule has 2 N–H and O–H groups in total. The molecular formula is C20H20N2O3. The summed E-state index contributed by atoms with van der Waals surface area (Å²) in [6.45, 7) is 2.50. The monoisotopic (exact) mass is 336 g/mol. The second kappa shape index (κ2) is 8.06. The van der Waals surface area contributed by atoms with Gasteiger partial charge in [0.25, 0.3) is 0 Å². The number of urea groups is 1. The van der Waals surface area contributed by atoms with E-state index in [1.807, 2.05) is 67.6 Å². The lowest BCUT2D eigenvalue weighted by molar-refractivity contribution is 0.229. The van der Waals surface area contributed by atoms with E-state index in [2.05, 4.69) is 10.6 Å². The fourth-order valence-corrected chi connectivity index (χ4v) is 2.52. The van der Waals surface area contributed by atoms with Crippen LogP contribution < -0.4 is 20.1 Å². The van der Waals surface area contributed by atoms with Crippen LogP contribution in [0.25, 0.3) is 10.8 Å². The van der Waals surface area contributed by atoms with Crippen LogP contribution in [0.2, 0.25) is 0 Å². The van der Waals surface area contributed by atoms with Gasteiger partial charge in [0.2, 0.25) is 0 Å². The van der Waals surface area contributed by atoms with E-state index in [-0.39, 0.29) is 12.8 Å². The summed E-state index contributed by atoms with van der Waals surface area (Å²) in [6.07, 6.45) is 0. The maximum Gasteiger partial charge on any atom is 0.321 e. The molecule has 0 aliphatic rings. The predicted octanol–water partition coefficient (Wildman–Crippen LogP) is 4.40. The van der Waals surface area contributed by atoms with Gasteiger partial charge in [0.15, 0.2) is 18.2 Å². The maximum absolute atomic E-state index is 12.1. The number of carbonyl (C=O) groups excluding carboxylic acids is 1. The quantitative estimate of drug-likeness (QED) is 0.656. The van der Waals surface area contributed by atoms with Gasteiger partial charge in [-0.05, 0) is 30.5 Å². The summed E-state index contributed by atoms with van der Waals surface area (Å²) in [5.74, 6) is 1.25. The molecule has 0 heterocycles. The molecular weight excluding hydrogens is 316 g/mol. The van der Waals surface area contributed by atoms with Gasteiger partial charge in [-0.15, -0.1) is 0 Å². The van der Waals surface area contributed by atoms with Crippen molar-refractivity contribution in [3.63, 3.8) is 0 Å². The van der Waals surface area contributed by atoms with E-state index in [1.165, 1.54) is 0 Å². The van der Waals surface area contributed by atoms with E-state index in [1.54, 1.807) is 6.07 Å². The molecule has 3 aromatic carbocycles. The Kier molecular flexibility index (Phi) is 5.36. The molecule has 0 unspecified atom stereocenters. The summed E-state index contributed by atoms with van der Waals surface area (Å²) in [7, 11) is 0. The normalized spacial score (nSPS) is 10.3. The highest BCUT2D eigenvalue weighted by molar-refractivity contribution is 6.01. The number of rotatable bonds is 6. The highest BCUT2D eigenvalue weighted by atomic mass is 16.5. The first-order valence-electron chi connectivity index (χ1n) is 8.15. The number of ether oxygens (including phenoxy) is 2. The molecule has 2 amide bonds. The average Bonchev–Trinajstić information content (AvgIpc) is 2.64. The molecule has 0 spiro atoms. The number of fused-ring (bicyclic) bond motifs is 1. The van der Waals surface area contributed by atoms with Crippen molar-refractivity contribution in [2.45, 2.75) is 6.92 Å². The number of hydrogen-bond donors (Lipinski definition) is 2. The Labute approximate surface area is 146 Å². The smallest absolute Gasteiger partial charge is 0.321 e. The number of anilines is 1. The van der Waals surface area contributed by atoms with Crippen LogP contribution in [-0.2, 0) is 0 Å². The Morgan fingerprint density at radius 3 is 2.36 bits per heavy atom. The van der Waals surface area contributed by atoms with E-state index < -0.39 is 0 Å². The van der Waals surface area contributed by atoms with Crippen LogP contribution in [0.5, 0.6) is 11.5 Å². The Bertz CT molecular complexity index is 859. The van der Waals surface area contributed by atoms with Gasteiger partial charge in [-0.3, -0.25) is 0 Å². The molecule has 5 nitrogen and oxygen atoms in total. The van der Waals surface area contributed by atoms with Crippen LogP contribution in [0.4, 0.5) is 10.5 Å². The highest BCUT2D eigenvalue weighted by Gasteiger charge is 2.07. The van der Waals surface area contributed by atoms with Gasteiger partial charge < -0.3 is 20.1 Å². The molecule has 0 fully saturated rings. The molecule has 0 saturated heterocycles. The fourth-order valence-electron chi connectivity index (χ4n) is 2.52. The minimum atomic E-state index is -0.328. The van der Waals surface area contributed by atoms with E-state index in [0.717, 1.165) is 16.5 Å². The van der Waals surface area contributed by atoms with E-state index in [4.69, 9.17) is 9.47 Å². The Hall–Kier alpha value is -3.21. The predicted molar refractivity (Wildman–Crippen MR) is 99.2 cm³/mol. The lowest BCUT2D eigenvalue weighted by Crippen LogP contribution is -2.32. The van der Waals surface area contributed by atoms with E-state index >= 15 is 0 Å². The third-order valence-electron chi connectivity index (χ3n) is 3.65. The lowest BCUT2D eigenvalue weighted by atomic mass is 10.1. The minimum Gasteiger partial charge on any atom is -0.490 e. The fraction of sp³-hybridized carbons (Fsp3) is 0.150. The van der Waals surface area contributed by atoms with Crippen molar-refractivity contribution in [2.75, 3.05) is 18.7 Å². The molecule has 3 rings (SSSR count). The number of nitrogens with one attached hydrogen (secondary N) is 2. The average molecular weight is 336 g/mol. The molecule has 25 heavy (non-hydrogen) atoms. The van der Waals surface area contributed by atoms with Crippen LogP contribution in [0.15, 0.2) is 66.7 Å². The van der Waals surface area contributed by atoms with Crippen molar-refractivity contribution in [3.05, 3.63) is 66.7 Å². The minimum absolute atomic E-state index is 0.0423. The first kappa shape index (κ1) is 16.6. The summed E-state index contributed by atoms with van der Waals surface area (Å²) in [4.78, 5) is 12.1. The van der Waals surface area contributed by atoms with Gasteiger partial charge in [-0.1, -0.05) is 48.5 Å². The Morgan fingerprint density at radius 2 is 1.56 bits per heavy atom. The molecule has 0 aromatic heterocycles. The molecule has 3 aromatic rings.